The second kappa shape index (κ2) is 9.19. The number of carbonyl (C=O) groups excluding carboxylic acids is 1. The Morgan fingerprint density at radius 3 is 2.72 bits per heavy atom. The number of ether oxygens (including phenoxy) is 1. The Labute approximate surface area is 177 Å². The number of amides is 1. The van der Waals surface area contributed by atoms with Gasteiger partial charge < -0.3 is 10.1 Å². The second-order valence-corrected chi connectivity index (χ2v) is 8.02. The first-order valence-corrected chi connectivity index (χ1v) is 10.3. The molecule has 3 rings (SSSR count). The molecule has 3 aromatic rings. The number of carbonyl (C=O) groups is 1. The summed E-state index contributed by atoms with van der Waals surface area (Å²) in [4.78, 5) is 29.7. The van der Waals surface area contributed by atoms with E-state index in [1.807, 2.05) is 13.8 Å². The van der Waals surface area contributed by atoms with E-state index in [1.54, 1.807) is 37.3 Å². The minimum atomic E-state index is -0.728. The van der Waals surface area contributed by atoms with Crippen molar-refractivity contribution in [3.8, 4) is 16.3 Å². The van der Waals surface area contributed by atoms with Gasteiger partial charge in [-0.3, -0.25) is 9.59 Å². The molecule has 0 saturated heterocycles. The van der Waals surface area contributed by atoms with Crippen molar-refractivity contribution in [1.82, 2.24) is 20.1 Å². The van der Waals surface area contributed by atoms with Crippen LogP contribution in [0.5, 0.6) is 5.75 Å². The van der Waals surface area contributed by atoms with Crippen LogP contribution in [0.3, 0.4) is 0 Å². The van der Waals surface area contributed by atoms with Gasteiger partial charge in [0.1, 0.15) is 11.4 Å². The van der Waals surface area contributed by atoms with E-state index < -0.39 is 6.10 Å². The molecule has 0 saturated carbocycles. The summed E-state index contributed by atoms with van der Waals surface area (Å²) >= 11 is 7.58. The van der Waals surface area contributed by atoms with E-state index in [2.05, 4.69) is 15.4 Å². The standard InChI is InChI=1S/C20H21ClN4O3S/c1-12-19(29-14(3)23-12)16-8-9-18(26)25(24-16)11-10-22-20(27)13(2)28-17-7-5-4-6-15(17)21/h4-9,13H,10-11H2,1-3H3,(H,22,27). The Hall–Kier alpha value is -2.71. The Bertz CT molecular complexity index is 1080. The molecule has 0 aliphatic heterocycles. The van der Waals surface area contributed by atoms with E-state index >= 15 is 0 Å². The lowest BCUT2D eigenvalue weighted by Gasteiger charge is -2.15. The largest absolute Gasteiger partial charge is 0.479 e. The minimum Gasteiger partial charge on any atom is -0.479 e. The van der Waals surface area contributed by atoms with Crippen LogP contribution < -0.4 is 15.6 Å². The normalized spacial score (nSPS) is 11.9. The van der Waals surface area contributed by atoms with Gasteiger partial charge >= 0.3 is 0 Å². The average molecular weight is 433 g/mol. The van der Waals surface area contributed by atoms with Gasteiger partial charge in [-0.2, -0.15) is 5.10 Å². The zero-order valence-electron chi connectivity index (χ0n) is 16.3. The van der Waals surface area contributed by atoms with Gasteiger partial charge in [-0.15, -0.1) is 11.3 Å². The maximum Gasteiger partial charge on any atom is 0.266 e. The lowest BCUT2D eigenvalue weighted by molar-refractivity contribution is -0.127. The van der Waals surface area contributed by atoms with Crippen molar-refractivity contribution >= 4 is 28.8 Å². The predicted molar refractivity (Wildman–Crippen MR) is 114 cm³/mol. The number of aryl methyl sites for hydroxylation is 2. The maximum absolute atomic E-state index is 12.3. The van der Waals surface area contributed by atoms with Gasteiger partial charge in [0.05, 0.1) is 27.1 Å². The Kier molecular flexibility index (Phi) is 6.66. The van der Waals surface area contributed by atoms with E-state index in [4.69, 9.17) is 16.3 Å². The Morgan fingerprint density at radius 2 is 2.03 bits per heavy atom. The summed E-state index contributed by atoms with van der Waals surface area (Å²) in [6, 6.07) is 10.1. The first-order valence-electron chi connectivity index (χ1n) is 9.06. The highest BCUT2D eigenvalue weighted by atomic mass is 35.5. The third-order valence-electron chi connectivity index (χ3n) is 4.14. The number of benzene rings is 1. The fourth-order valence-electron chi connectivity index (χ4n) is 2.71. The molecule has 2 heterocycles. The molecule has 1 N–H and O–H groups in total. The summed E-state index contributed by atoms with van der Waals surface area (Å²) in [6.45, 7) is 5.97. The van der Waals surface area contributed by atoms with Crippen LogP contribution in [0.25, 0.3) is 10.6 Å². The molecule has 7 nitrogen and oxygen atoms in total. The number of nitrogens with one attached hydrogen (secondary N) is 1. The number of hydrogen-bond donors (Lipinski definition) is 1. The van der Waals surface area contributed by atoms with Crippen LogP contribution in [0.2, 0.25) is 5.02 Å². The van der Waals surface area contributed by atoms with Crippen molar-refractivity contribution in [2.75, 3.05) is 6.54 Å². The number of halogens is 1. The molecule has 1 unspecified atom stereocenters. The fraction of sp³-hybridized carbons (Fsp3) is 0.300. The summed E-state index contributed by atoms with van der Waals surface area (Å²) < 4.78 is 6.93. The van der Waals surface area contributed by atoms with Crippen molar-refractivity contribution in [3.05, 3.63) is 62.5 Å². The number of thiazole rings is 1. The summed E-state index contributed by atoms with van der Waals surface area (Å²) in [6.07, 6.45) is -0.728. The van der Waals surface area contributed by atoms with Gasteiger partial charge in [-0.1, -0.05) is 23.7 Å². The van der Waals surface area contributed by atoms with E-state index in [1.165, 1.54) is 22.1 Å². The average Bonchev–Trinajstić information content (AvgIpc) is 3.03. The van der Waals surface area contributed by atoms with Crippen LogP contribution >= 0.6 is 22.9 Å². The molecule has 29 heavy (non-hydrogen) atoms. The molecular weight excluding hydrogens is 412 g/mol. The molecule has 0 fully saturated rings. The van der Waals surface area contributed by atoms with Gasteiger partial charge in [-0.05, 0) is 39.0 Å². The summed E-state index contributed by atoms with van der Waals surface area (Å²) in [5.74, 6) is 0.140. The zero-order chi connectivity index (χ0) is 21.0. The lowest BCUT2D eigenvalue weighted by atomic mass is 10.3. The highest BCUT2D eigenvalue weighted by molar-refractivity contribution is 7.15. The van der Waals surface area contributed by atoms with Crippen LogP contribution in [0.15, 0.2) is 41.2 Å². The van der Waals surface area contributed by atoms with Crippen molar-refractivity contribution in [2.24, 2.45) is 0 Å². The van der Waals surface area contributed by atoms with Crippen molar-refractivity contribution in [3.63, 3.8) is 0 Å². The molecule has 1 aromatic carbocycles. The van der Waals surface area contributed by atoms with E-state index in [-0.39, 0.29) is 24.6 Å². The van der Waals surface area contributed by atoms with Crippen molar-refractivity contribution in [1.29, 1.82) is 0 Å². The predicted octanol–water partition coefficient (Wildman–Crippen LogP) is 3.22. The first-order chi connectivity index (χ1) is 13.8. The third kappa shape index (κ3) is 5.21. The maximum atomic E-state index is 12.3. The number of rotatable bonds is 7. The first kappa shape index (κ1) is 21.0. The second-order valence-electron chi connectivity index (χ2n) is 6.41. The van der Waals surface area contributed by atoms with Gasteiger partial charge in [0.25, 0.3) is 11.5 Å². The van der Waals surface area contributed by atoms with Gasteiger partial charge in [-0.25, -0.2) is 9.67 Å². The topological polar surface area (TPSA) is 86.1 Å². The monoisotopic (exact) mass is 432 g/mol. The highest BCUT2D eigenvalue weighted by Crippen LogP contribution is 2.27. The molecule has 1 atom stereocenters. The Morgan fingerprint density at radius 1 is 1.28 bits per heavy atom. The zero-order valence-corrected chi connectivity index (χ0v) is 17.9. The number of nitrogens with zero attached hydrogens (tertiary/aromatic N) is 3. The quantitative estimate of drug-likeness (QED) is 0.619. The van der Waals surface area contributed by atoms with Gasteiger partial charge in [0.15, 0.2) is 6.10 Å². The summed E-state index contributed by atoms with van der Waals surface area (Å²) in [5.41, 5.74) is 1.33. The highest BCUT2D eigenvalue weighted by Gasteiger charge is 2.16. The number of aromatic nitrogens is 3. The van der Waals surface area contributed by atoms with E-state index in [0.717, 1.165) is 15.6 Å². The van der Waals surface area contributed by atoms with Crippen LogP contribution in [-0.4, -0.2) is 33.3 Å². The van der Waals surface area contributed by atoms with Crippen LogP contribution in [0.1, 0.15) is 17.6 Å². The molecular formula is C20H21ClN4O3S. The molecule has 1 amide bonds. The molecule has 0 spiro atoms. The molecule has 2 aromatic heterocycles. The summed E-state index contributed by atoms with van der Waals surface area (Å²) in [7, 11) is 0. The van der Waals surface area contributed by atoms with Crippen LogP contribution in [0.4, 0.5) is 0 Å². The molecule has 0 aliphatic rings. The van der Waals surface area contributed by atoms with E-state index in [0.29, 0.717) is 16.5 Å². The molecule has 9 heteroatoms. The Balaban J connectivity index is 1.60. The van der Waals surface area contributed by atoms with E-state index in [9.17, 15) is 9.59 Å². The minimum absolute atomic E-state index is 0.234. The molecule has 0 aliphatic carbocycles. The number of hydrogen-bond acceptors (Lipinski definition) is 6. The SMILES string of the molecule is Cc1nc(C)c(-c2ccc(=O)n(CCNC(=O)C(C)Oc3ccccc3Cl)n2)s1. The van der Waals surface area contributed by atoms with Crippen LogP contribution in [0, 0.1) is 13.8 Å². The number of para-hydroxylation sites is 1. The van der Waals surface area contributed by atoms with Gasteiger partial charge in [0.2, 0.25) is 0 Å². The van der Waals surface area contributed by atoms with Crippen molar-refractivity contribution < 1.29 is 9.53 Å². The van der Waals surface area contributed by atoms with Crippen LogP contribution in [-0.2, 0) is 11.3 Å². The molecule has 0 bridgehead atoms. The van der Waals surface area contributed by atoms with Crippen molar-refractivity contribution in [2.45, 2.75) is 33.4 Å². The summed E-state index contributed by atoms with van der Waals surface area (Å²) in [5, 5.41) is 8.55. The molecule has 0 radical (unpaired) electrons. The molecule has 152 valence electrons. The van der Waals surface area contributed by atoms with Gasteiger partial charge in [0, 0.05) is 12.6 Å². The third-order valence-corrected chi connectivity index (χ3v) is 5.54. The fourth-order valence-corrected chi connectivity index (χ4v) is 3.78. The lowest BCUT2D eigenvalue weighted by Crippen LogP contribution is -2.39. The smallest absolute Gasteiger partial charge is 0.266 e.